The van der Waals surface area contributed by atoms with Gasteiger partial charge in [0.15, 0.2) is 5.60 Å². The topological polar surface area (TPSA) is 143 Å². The predicted octanol–water partition coefficient (Wildman–Crippen LogP) is 1.14. The quantitative estimate of drug-likeness (QED) is 0.350. The van der Waals surface area contributed by atoms with Crippen LogP contribution < -0.4 is 5.32 Å². The SMILES string of the molecule is C[C@@H](/C=C/CCn1cc(CCO)nn1)[C@]1(O)C(=O)Nc2ccc([N+](=O)[O-])cc21. The number of benzene rings is 1. The highest BCUT2D eigenvalue weighted by molar-refractivity contribution is 6.05. The molecule has 0 radical (unpaired) electrons. The molecule has 0 saturated carbocycles. The molecule has 0 fully saturated rings. The van der Waals surface area contributed by atoms with Gasteiger partial charge in [0, 0.05) is 55.1 Å². The number of carbonyl (C=O) groups excluding carboxylic acids is 1. The van der Waals surface area contributed by atoms with Crippen molar-refractivity contribution in [3.8, 4) is 0 Å². The fraction of sp³-hybridized carbons (Fsp3) is 0.389. The molecule has 2 aromatic rings. The molecule has 2 atom stereocenters. The van der Waals surface area contributed by atoms with Gasteiger partial charge in [-0.15, -0.1) is 5.10 Å². The summed E-state index contributed by atoms with van der Waals surface area (Å²) in [5, 5.41) is 41.4. The van der Waals surface area contributed by atoms with Crippen molar-refractivity contribution in [3.63, 3.8) is 0 Å². The van der Waals surface area contributed by atoms with Gasteiger partial charge in [0.1, 0.15) is 0 Å². The van der Waals surface area contributed by atoms with Crippen LogP contribution in [-0.2, 0) is 23.4 Å². The molecule has 2 heterocycles. The van der Waals surface area contributed by atoms with Gasteiger partial charge in [0.2, 0.25) is 0 Å². The summed E-state index contributed by atoms with van der Waals surface area (Å²) < 4.78 is 1.65. The van der Waals surface area contributed by atoms with E-state index in [1.807, 2.05) is 6.08 Å². The summed E-state index contributed by atoms with van der Waals surface area (Å²) in [5.41, 5.74) is -0.782. The maximum Gasteiger partial charge on any atom is 0.269 e. The number of aliphatic hydroxyl groups excluding tert-OH is 1. The number of hydrogen-bond donors (Lipinski definition) is 3. The van der Waals surface area contributed by atoms with Gasteiger partial charge < -0.3 is 15.5 Å². The van der Waals surface area contributed by atoms with E-state index in [1.165, 1.54) is 18.2 Å². The molecule has 0 aliphatic carbocycles. The van der Waals surface area contributed by atoms with Crippen LogP contribution in [0.25, 0.3) is 0 Å². The summed E-state index contributed by atoms with van der Waals surface area (Å²) in [7, 11) is 0. The normalized spacial score (nSPS) is 19.6. The maximum absolute atomic E-state index is 12.4. The first kappa shape index (κ1) is 19.6. The van der Waals surface area contributed by atoms with Crippen LogP contribution >= 0.6 is 0 Å². The van der Waals surface area contributed by atoms with Gasteiger partial charge in [-0.05, 0) is 12.5 Å². The van der Waals surface area contributed by atoms with E-state index in [0.29, 0.717) is 30.8 Å². The Hall–Kier alpha value is -3.11. The molecule has 0 unspecified atom stereocenters. The molecule has 1 aromatic heterocycles. The monoisotopic (exact) mass is 387 g/mol. The van der Waals surface area contributed by atoms with E-state index in [2.05, 4.69) is 15.6 Å². The second kappa shape index (κ2) is 7.87. The summed E-state index contributed by atoms with van der Waals surface area (Å²) >= 11 is 0. The lowest BCUT2D eigenvalue weighted by atomic mass is 9.83. The molecule has 1 aliphatic rings. The number of aryl methyl sites for hydroxylation is 1. The molecular weight excluding hydrogens is 366 g/mol. The predicted molar refractivity (Wildman–Crippen MR) is 99.4 cm³/mol. The number of allylic oxidation sites excluding steroid dienone is 1. The smallest absolute Gasteiger partial charge is 0.269 e. The van der Waals surface area contributed by atoms with E-state index >= 15 is 0 Å². The van der Waals surface area contributed by atoms with Crippen LogP contribution in [0.3, 0.4) is 0 Å². The number of carbonyl (C=O) groups is 1. The van der Waals surface area contributed by atoms with Crippen molar-refractivity contribution < 1.29 is 19.9 Å². The third-order valence-corrected chi connectivity index (χ3v) is 4.78. The molecular formula is C18H21N5O5. The number of rotatable bonds is 8. The zero-order chi connectivity index (χ0) is 20.3. The van der Waals surface area contributed by atoms with Crippen LogP contribution in [0.15, 0.2) is 36.5 Å². The third-order valence-electron chi connectivity index (χ3n) is 4.78. The first-order valence-corrected chi connectivity index (χ1v) is 8.85. The lowest BCUT2D eigenvalue weighted by Crippen LogP contribution is -2.39. The summed E-state index contributed by atoms with van der Waals surface area (Å²) in [6.07, 6.45) is 6.31. The number of aliphatic hydroxyl groups is 2. The van der Waals surface area contributed by atoms with Crippen molar-refractivity contribution in [2.24, 2.45) is 5.92 Å². The van der Waals surface area contributed by atoms with Crippen molar-refractivity contribution >= 4 is 17.3 Å². The minimum atomic E-state index is -1.88. The summed E-state index contributed by atoms with van der Waals surface area (Å²) in [6, 6.07) is 3.94. The molecule has 3 N–H and O–H groups in total. The molecule has 1 amide bonds. The molecule has 28 heavy (non-hydrogen) atoms. The van der Waals surface area contributed by atoms with Crippen molar-refractivity contribution in [1.82, 2.24) is 15.0 Å². The van der Waals surface area contributed by atoms with Gasteiger partial charge in [0.25, 0.3) is 11.6 Å². The lowest BCUT2D eigenvalue weighted by molar-refractivity contribution is -0.385. The van der Waals surface area contributed by atoms with Gasteiger partial charge >= 0.3 is 0 Å². The van der Waals surface area contributed by atoms with E-state index in [4.69, 9.17) is 5.11 Å². The number of fused-ring (bicyclic) bond motifs is 1. The summed E-state index contributed by atoms with van der Waals surface area (Å²) in [5.74, 6) is -1.21. The van der Waals surface area contributed by atoms with Crippen molar-refractivity contribution in [2.45, 2.75) is 31.9 Å². The molecule has 3 rings (SSSR count). The Morgan fingerprint density at radius 2 is 2.25 bits per heavy atom. The second-order valence-electron chi connectivity index (χ2n) is 6.66. The molecule has 0 bridgehead atoms. The molecule has 0 spiro atoms. The number of nitro benzene ring substituents is 1. The van der Waals surface area contributed by atoms with Crippen molar-refractivity contribution in [2.75, 3.05) is 11.9 Å². The Balaban J connectivity index is 1.70. The Labute approximate surface area is 160 Å². The van der Waals surface area contributed by atoms with Crippen LogP contribution in [0.5, 0.6) is 0 Å². The highest BCUT2D eigenvalue weighted by atomic mass is 16.6. The summed E-state index contributed by atoms with van der Waals surface area (Å²) in [4.78, 5) is 22.9. The van der Waals surface area contributed by atoms with Gasteiger partial charge in [-0.1, -0.05) is 24.3 Å². The first-order chi connectivity index (χ1) is 13.4. The number of nitrogens with one attached hydrogen (secondary N) is 1. The van der Waals surface area contributed by atoms with Gasteiger partial charge in [-0.3, -0.25) is 19.6 Å². The Kier molecular flexibility index (Phi) is 5.52. The minimum absolute atomic E-state index is 0.0103. The summed E-state index contributed by atoms with van der Waals surface area (Å²) in [6.45, 7) is 2.24. The van der Waals surface area contributed by atoms with Gasteiger partial charge in [-0.25, -0.2) is 0 Å². The Bertz CT molecular complexity index is 925. The number of nitro groups is 1. The molecule has 148 valence electrons. The molecule has 10 heteroatoms. The minimum Gasteiger partial charge on any atom is -0.396 e. The first-order valence-electron chi connectivity index (χ1n) is 8.85. The zero-order valence-electron chi connectivity index (χ0n) is 15.3. The average Bonchev–Trinajstić information content (AvgIpc) is 3.21. The highest BCUT2D eigenvalue weighted by Gasteiger charge is 2.49. The number of anilines is 1. The Morgan fingerprint density at radius 1 is 1.46 bits per heavy atom. The van der Waals surface area contributed by atoms with Crippen molar-refractivity contribution in [1.29, 1.82) is 0 Å². The molecule has 1 aliphatic heterocycles. The maximum atomic E-state index is 12.4. The lowest BCUT2D eigenvalue weighted by Gasteiger charge is -2.25. The van der Waals surface area contributed by atoms with Gasteiger partial charge in [-0.2, -0.15) is 0 Å². The third kappa shape index (κ3) is 3.64. The fourth-order valence-electron chi connectivity index (χ4n) is 3.19. The largest absolute Gasteiger partial charge is 0.396 e. The van der Waals surface area contributed by atoms with Crippen LogP contribution in [0.1, 0.15) is 24.6 Å². The number of amides is 1. The average molecular weight is 387 g/mol. The van der Waals surface area contributed by atoms with E-state index in [0.717, 1.165) is 0 Å². The van der Waals surface area contributed by atoms with Crippen LogP contribution in [0.2, 0.25) is 0 Å². The number of nitrogens with zero attached hydrogens (tertiary/aromatic N) is 4. The second-order valence-corrected chi connectivity index (χ2v) is 6.66. The number of hydrogen-bond acceptors (Lipinski definition) is 7. The van der Waals surface area contributed by atoms with Crippen molar-refractivity contribution in [3.05, 3.63) is 57.9 Å². The number of aromatic nitrogens is 3. The molecule has 0 saturated heterocycles. The van der Waals surface area contributed by atoms with E-state index < -0.39 is 22.3 Å². The van der Waals surface area contributed by atoms with Crippen LogP contribution in [0, 0.1) is 16.0 Å². The number of non-ortho nitro benzene ring substituents is 1. The molecule has 10 nitrogen and oxygen atoms in total. The fourth-order valence-corrected chi connectivity index (χ4v) is 3.19. The Morgan fingerprint density at radius 3 is 2.96 bits per heavy atom. The zero-order valence-corrected chi connectivity index (χ0v) is 15.3. The van der Waals surface area contributed by atoms with E-state index in [1.54, 1.807) is 23.9 Å². The molecule has 1 aromatic carbocycles. The van der Waals surface area contributed by atoms with E-state index in [9.17, 15) is 20.0 Å². The standard InChI is InChI=1S/C18H21N5O5/c1-12(4-2-3-8-22-11-13(7-9-24)20-21-22)18(26)15-10-14(23(27)28)5-6-16(15)19-17(18)25/h2,4-6,10-12,24,26H,3,7-9H2,1H3,(H,19,25)/b4-2+/t12-,18+/m0/s1. The van der Waals surface area contributed by atoms with E-state index in [-0.39, 0.29) is 17.9 Å². The van der Waals surface area contributed by atoms with Gasteiger partial charge in [0.05, 0.1) is 10.6 Å². The highest BCUT2D eigenvalue weighted by Crippen LogP contribution is 2.43. The van der Waals surface area contributed by atoms with Crippen LogP contribution in [-0.4, -0.2) is 42.6 Å². The van der Waals surface area contributed by atoms with Crippen LogP contribution in [0.4, 0.5) is 11.4 Å².